The number of anilines is 1. The summed E-state index contributed by atoms with van der Waals surface area (Å²) in [5.74, 6) is -0.944. The highest BCUT2D eigenvalue weighted by atomic mass is 32.2. The topological polar surface area (TPSA) is 99.2 Å². The van der Waals surface area contributed by atoms with Gasteiger partial charge in [0.1, 0.15) is 0 Å². The van der Waals surface area contributed by atoms with Gasteiger partial charge < -0.3 is 14.2 Å². The molecule has 1 heterocycles. The van der Waals surface area contributed by atoms with Gasteiger partial charge in [-0.3, -0.25) is 9.10 Å². The van der Waals surface area contributed by atoms with Crippen LogP contribution in [0.1, 0.15) is 34.7 Å². The molecule has 1 atom stereocenters. The van der Waals surface area contributed by atoms with Crippen LogP contribution in [0.15, 0.2) is 18.2 Å². The van der Waals surface area contributed by atoms with Crippen molar-refractivity contribution in [2.45, 2.75) is 25.0 Å². The van der Waals surface area contributed by atoms with Gasteiger partial charge in [-0.05, 0) is 30.2 Å². The van der Waals surface area contributed by atoms with Crippen LogP contribution in [-0.2, 0) is 29.0 Å². The van der Waals surface area contributed by atoms with Crippen LogP contribution in [0.25, 0.3) is 0 Å². The van der Waals surface area contributed by atoms with Gasteiger partial charge in [0, 0.05) is 33.1 Å². The van der Waals surface area contributed by atoms with Crippen molar-refractivity contribution in [2.24, 2.45) is 0 Å². The number of hydrogen-bond donors (Lipinski definition) is 0. The number of benzene rings is 1. The van der Waals surface area contributed by atoms with E-state index in [1.54, 1.807) is 12.1 Å². The lowest BCUT2D eigenvalue weighted by atomic mass is 9.94. The van der Waals surface area contributed by atoms with Gasteiger partial charge in [-0.2, -0.15) is 0 Å². The highest BCUT2D eigenvalue weighted by Gasteiger charge is 2.34. The summed E-state index contributed by atoms with van der Waals surface area (Å²) in [5.41, 5.74) is 1.56. The van der Waals surface area contributed by atoms with Crippen molar-refractivity contribution in [3.8, 4) is 0 Å². The van der Waals surface area contributed by atoms with E-state index in [1.165, 1.54) is 31.7 Å². The molecule has 0 radical (unpaired) electrons. The zero-order valence-corrected chi connectivity index (χ0v) is 16.0. The predicted molar refractivity (Wildman–Crippen MR) is 94.8 cm³/mol. The molecule has 0 bridgehead atoms. The van der Waals surface area contributed by atoms with Crippen LogP contribution in [-0.4, -0.2) is 60.6 Å². The van der Waals surface area contributed by atoms with Gasteiger partial charge in [0.2, 0.25) is 16.3 Å². The lowest BCUT2D eigenvalue weighted by molar-refractivity contribution is -0.156. The minimum atomic E-state index is -3.47. The number of esters is 1. The molecule has 0 spiro atoms. The number of rotatable bonds is 8. The average Bonchev–Trinajstić information content (AvgIpc) is 2.98. The zero-order chi connectivity index (χ0) is 19.5. The molecular formula is C17H23NO7S. The molecule has 0 saturated heterocycles. The molecule has 0 aliphatic carbocycles. The van der Waals surface area contributed by atoms with Gasteiger partial charge in [0.05, 0.1) is 24.6 Å². The van der Waals surface area contributed by atoms with E-state index in [4.69, 9.17) is 14.2 Å². The first-order chi connectivity index (χ1) is 12.2. The fourth-order valence-electron chi connectivity index (χ4n) is 3.10. The van der Waals surface area contributed by atoms with Gasteiger partial charge in [0.15, 0.2) is 5.78 Å². The van der Waals surface area contributed by atoms with Gasteiger partial charge in [-0.25, -0.2) is 13.2 Å². The SMILES string of the molecule is COC(=O)c1ccc2c(c1)C(CCC(=O)C(OC)OC)CN2S(C)(=O)=O. The minimum Gasteiger partial charge on any atom is -0.465 e. The van der Waals surface area contributed by atoms with Crippen LogP contribution in [0, 0.1) is 0 Å². The number of Topliss-reactive ketones (excluding diaryl/α,β-unsaturated/α-hetero) is 1. The number of carbonyl (C=O) groups is 2. The lowest BCUT2D eigenvalue weighted by Crippen LogP contribution is -2.29. The second kappa shape index (κ2) is 8.15. The summed E-state index contributed by atoms with van der Waals surface area (Å²) in [7, 11) is 0.573. The fourth-order valence-corrected chi connectivity index (χ4v) is 4.08. The first kappa shape index (κ1) is 20.3. The second-order valence-electron chi connectivity index (χ2n) is 6.06. The highest BCUT2D eigenvalue weighted by Crippen LogP contribution is 2.40. The van der Waals surface area contributed by atoms with Crippen LogP contribution in [0.4, 0.5) is 5.69 Å². The van der Waals surface area contributed by atoms with E-state index < -0.39 is 22.3 Å². The number of carbonyl (C=O) groups excluding carboxylic acids is 2. The third-order valence-corrected chi connectivity index (χ3v) is 5.52. The molecule has 144 valence electrons. The number of fused-ring (bicyclic) bond motifs is 1. The smallest absolute Gasteiger partial charge is 0.337 e. The molecule has 26 heavy (non-hydrogen) atoms. The Balaban J connectivity index is 2.29. The Hall–Kier alpha value is -1.97. The molecule has 9 heteroatoms. The van der Waals surface area contributed by atoms with E-state index in [2.05, 4.69) is 0 Å². The van der Waals surface area contributed by atoms with Crippen LogP contribution < -0.4 is 4.31 Å². The molecule has 0 N–H and O–H groups in total. The third-order valence-electron chi connectivity index (χ3n) is 4.37. The van der Waals surface area contributed by atoms with Crippen molar-refractivity contribution in [1.29, 1.82) is 0 Å². The minimum absolute atomic E-state index is 0.163. The van der Waals surface area contributed by atoms with Gasteiger partial charge in [-0.1, -0.05) is 0 Å². The van der Waals surface area contributed by atoms with Gasteiger partial charge >= 0.3 is 5.97 Å². The van der Waals surface area contributed by atoms with E-state index in [-0.39, 0.29) is 24.7 Å². The number of ketones is 1. The summed E-state index contributed by atoms with van der Waals surface area (Å²) in [6.07, 6.45) is 0.760. The summed E-state index contributed by atoms with van der Waals surface area (Å²) < 4.78 is 40.1. The molecule has 1 aliphatic heterocycles. The number of hydrogen-bond acceptors (Lipinski definition) is 7. The Labute approximate surface area is 153 Å². The van der Waals surface area contributed by atoms with Crippen molar-refractivity contribution < 1.29 is 32.2 Å². The second-order valence-corrected chi connectivity index (χ2v) is 7.97. The van der Waals surface area contributed by atoms with Crippen molar-refractivity contribution >= 4 is 27.5 Å². The molecule has 8 nitrogen and oxygen atoms in total. The Morgan fingerprint density at radius 1 is 1.23 bits per heavy atom. The maximum absolute atomic E-state index is 12.1. The molecule has 2 rings (SSSR count). The van der Waals surface area contributed by atoms with E-state index in [0.717, 1.165) is 6.26 Å². The quantitative estimate of drug-likeness (QED) is 0.491. The average molecular weight is 385 g/mol. The van der Waals surface area contributed by atoms with Crippen LogP contribution in [0.2, 0.25) is 0 Å². The molecule has 0 fully saturated rings. The molecular weight excluding hydrogens is 362 g/mol. The number of sulfonamides is 1. The van der Waals surface area contributed by atoms with Gasteiger partial charge in [-0.15, -0.1) is 0 Å². The number of ether oxygens (including phenoxy) is 3. The van der Waals surface area contributed by atoms with Crippen molar-refractivity contribution in [3.05, 3.63) is 29.3 Å². The molecule has 0 saturated carbocycles. The molecule has 1 unspecified atom stereocenters. The Morgan fingerprint density at radius 3 is 2.42 bits per heavy atom. The largest absolute Gasteiger partial charge is 0.465 e. The van der Waals surface area contributed by atoms with E-state index in [9.17, 15) is 18.0 Å². The fraction of sp³-hybridized carbons (Fsp3) is 0.529. The van der Waals surface area contributed by atoms with Crippen LogP contribution >= 0.6 is 0 Å². The molecule has 0 aromatic heterocycles. The maximum atomic E-state index is 12.1. The molecule has 1 aliphatic rings. The van der Waals surface area contributed by atoms with Gasteiger partial charge in [0.25, 0.3) is 0 Å². The normalized spacial score (nSPS) is 16.7. The predicted octanol–water partition coefficient (Wildman–Crippen LogP) is 1.30. The number of nitrogens with zero attached hydrogens (tertiary/aromatic N) is 1. The summed E-state index contributed by atoms with van der Waals surface area (Å²) in [6, 6.07) is 4.76. The molecule has 1 aromatic carbocycles. The van der Waals surface area contributed by atoms with E-state index in [0.29, 0.717) is 23.2 Å². The van der Waals surface area contributed by atoms with Crippen LogP contribution in [0.3, 0.4) is 0 Å². The summed E-state index contributed by atoms with van der Waals surface area (Å²) in [4.78, 5) is 23.9. The first-order valence-electron chi connectivity index (χ1n) is 8.01. The van der Waals surface area contributed by atoms with Crippen molar-refractivity contribution in [2.75, 3.05) is 38.4 Å². The van der Waals surface area contributed by atoms with Crippen LogP contribution in [0.5, 0.6) is 0 Å². The summed E-state index contributed by atoms with van der Waals surface area (Å²) in [6.45, 7) is 0.219. The Kier molecular flexibility index (Phi) is 6.38. The van der Waals surface area contributed by atoms with E-state index in [1.807, 2.05) is 0 Å². The van der Waals surface area contributed by atoms with Crippen molar-refractivity contribution in [1.82, 2.24) is 0 Å². The van der Waals surface area contributed by atoms with Crippen molar-refractivity contribution in [3.63, 3.8) is 0 Å². The number of methoxy groups -OCH3 is 3. The Bertz CT molecular complexity index is 786. The highest BCUT2D eigenvalue weighted by molar-refractivity contribution is 7.92. The van der Waals surface area contributed by atoms with E-state index >= 15 is 0 Å². The summed E-state index contributed by atoms with van der Waals surface area (Å²) in [5, 5.41) is 0. The molecule has 0 amide bonds. The third kappa shape index (κ3) is 4.22. The first-order valence-corrected chi connectivity index (χ1v) is 9.86. The lowest BCUT2D eigenvalue weighted by Gasteiger charge is -2.17. The zero-order valence-electron chi connectivity index (χ0n) is 15.2. The monoisotopic (exact) mass is 385 g/mol. The Morgan fingerprint density at radius 2 is 1.88 bits per heavy atom. The maximum Gasteiger partial charge on any atom is 0.337 e. The summed E-state index contributed by atoms with van der Waals surface area (Å²) >= 11 is 0. The molecule has 1 aromatic rings. The standard InChI is InChI=1S/C17H23NO7S/c1-23-16(20)11-5-7-14-13(9-11)12(10-18(14)26(4,21)22)6-8-15(19)17(24-2)25-3/h5,7,9,12,17H,6,8,10H2,1-4H3.